The predicted octanol–water partition coefficient (Wildman–Crippen LogP) is 2.49. The molecule has 1 heterocycles. The maximum absolute atomic E-state index is 12.7. The Morgan fingerprint density at radius 1 is 1.23 bits per heavy atom. The van der Waals surface area contributed by atoms with Gasteiger partial charge in [-0.1, -0.05) is 24.3 Å². The second kappa shape index (κ2) is 7.91. The van der Waals surface area contributed by atoms with E-state index in [9.17, 15) is 9.59 Å². The second-order valence-corrected chi connectivity index (χ2v) is 6.05. The summed E-state index contributed by atoms with van der Waals surface area (Å²) in [6.07, 6.45) is -0.0415. The fourth-order valence-corrected chi connectivity index (χ4v) is 2.94. The van der Waals surface area contributed by atoms with Crippen molar-refractivity contribution in [3.8, 4) is 11.5 Å². The first-order chi connectivity index (χ1) is 12.6. The Morgan fingerprint density at radius 3 is 2.77 bits per heavy atom. The Morgan fingerprint density at radius 2 is 2.04 bits per heavy atom. The Labute approximate surface area is 152 Å². The number of anilines is 1. The van der Waals surface area contributed by atoms with Gasteiger partial charge in [-0.05, 0) is 30.7 Å². The van der Waals surface area contributed by atoms with Crippen molar-refractivity contribution in [2.75, 3.05) is 25.5 Å². The molecule has 0 aliphatic carbocycles. The molecule has 0 saturated carbocycles. The molecule has 0 spiro atoms. The third kappa shape index (κ3) is 3.96. The summed E-state index contributed by atoms with van der Waals surface area (Å²) in [7, 11) is 1.57. The van der Waals surface area contributed by atoms with E-state index in [1.54, 1.807) is 31.4 Å². The van der Waals surface area contributed by atoms with E-state index < -0.39 is 6.10 Å². The zero-order chi connectivity index (χ0) is 18.5. The molecule has 2 amide bonds. The first kappa shape index (κ1) is 17.8. The van der Waals surface area contributed by atoms with Crippen LogP contribution in [0.4, 0.5) is 5.69 Å². The molecule has 0 bridgehead atoms. The summed E-state index contributed by atoms with van der Waals surface area (Å²) < 4.78 is 10.9. The van der Waals surface area contributed by atoms with Gasteiger partial charge in [0, 0.05) is 24.7 Å². The highest BCUT2D eigenvalue weighted by atomic mass is 16.5. The van der Waals surface area contributed by atoms with Gasteiger partial charge in [0.2, 0.25) is 5.91 Å². The topological polar surface area (TPSA) is 67.9 Å². The summed E-state index contributed by atoms with van der Waals surface area (Å²) in [4.78, 5) is 26.6. The van der Waals surface area contributed by atoms with Crippen molar-refractivity contribution in [1.82, 2.24) is 4.90 Å². The number of likely N-dealkylation sites (N-methyl/N-ethyl adjacent to an activating group) is 1. The molecule has 6 nitrogen and oxygen atoms in total. The maximum Gasteiger partial charge on any atom is 0.264 e. The molecular formula is C20H22N2O4. The second-order valence-electron chi connectivity index (χ2n) is 6.05. The van der Waals surface area contributed by atoms with E-state index in [0.717, 1.165) is 11.3 Å². The molecule has 26 heavy (non-hydrogen) atoms. The molecule has 3 rings (SSSR count). The van der Waals surface area contributed by atoms with E-state index in [1.807, 2.05) is 31.2 Å². The van der Waals surface area contributed by atoms with Crippen molar-refractivity contribution in [3.63, 3.8) is 0 Å². The molecule has 6 heteroatoms. The number of hydrogen-bond acceptors (Lipinski definition) is 4. The first-order valence-electron chi connectivity index (χ1n) is 8.58. The minimum Gasteiger partial charge on any atom is -0.497 e. The van der Waals surface area contributed by atoms with Crippen LogP contribution in [0.5, 0.6) is 11.5 Å². The lowest BCUT2D eigenvalue weighted by Crippen LogP contribution is -2.44. The number of amides is 2. The Bertz CT molecular complexity index is 781. The molecule has 1 aliphatic heterocycles. The fourth-order valence-electron chi connectivity index (χ4n) is 2.94. The number of carbonyl (C=O) groups excluding carboxylic acids is 2. The molecule has 1 N–H and O–H groups in total. The maximum atomic E-state index is 12.7. The number of para-hydroxylation sites is 1. The Balaban J connectivity index is 1.60. The van der Waals surface area contributed by atoms with Gasteiger partial charge >= 0.3 is 0 Å². The Kier molecular flexibility index (Phi) is 5.41. The van der Waals surface area contributed by atoms with Crippen LogP contribution in [0.3, 0.4) is 0 Å². The van der Waals surface area contributed by atoms with Crippen LogP contribution in [0.2, 0.25) is 0 Å². The third-order valence-electron chi connectivity index (χ3n) is 4.30. The zero-order valence-corrected chi connectivity index (χ0v) is 14.9. The quantitative estimate of drug-likeness (QED) is 0.865. The molecule has 0 aromatic heterocycles. The highest BCUT2D eigenvalue weighted by Crippen LogP contribution is 2.29. The molecular weight excluding hydrogens is 332 g/mol. The molecule has 2 aromatic carbocycles. The monoisotopic (exact) mass is 354 g/mol. The summed E-state index contributed by atoms with van der Waals surface area (Å²) in [5.74, 6) is 0.958. The number of benzene rings is 2. The number of ether oxygens (including phenoxy) is 2. The van der Waals surface area contributed by atoms with E-state index in [1.165, 1.54) is 4.90 Å². The van der Waals surface area contributed by atoms with Crippen LogP contribution >= 0.6 is 0 Å². The van der Waals surface area contributed by atoms with Gasteiger partial charge in [-0.15, -0.1) is 0 Å². The van der Waals surface area contributed by atoms with Crippen LogP contribution < -0.4 is 14.8 Å². The molecule has 0 radical (unpaired) electrons. The smallest absolute Gasteiger partial charge is 0.264 e. The van der Waals surface area contributed by atoms with E-state index >= 15 is 0 Å². The number of nitrogens with zero attached hydrogens (tertiary/aromatic N) is 1. The van der Waals surface area contributed by atoms with Crippen molar-refractivity contribution in [2.45, 2.75) is 19.4 Å². The highest BCUT2D eigenvalue weighted by molar-refractivity contribution is 5.95. The Hall–Kier alpha value is -3.02. The average molecular weight is 354 g/mol. The van der Waals surface area contributed by atoms with Gasteiger partial charge in [0.05, 0.1) is 13.7 Å². The molecule has 0 saturated heterocycles. The number of hydrogen-bond donors (Lipinski definition) is 1. The summed E-state index contributed by atoms with van der Waals surface area (Å²) in [5.41, 5.74) is 1.64. The van der Waals surface area contributed by atoms with E-state index in [0.29, 0.717) is 24.4 Å². The minimum absolute atomic E-state index is 0.0251. The molecule has 0 fully saturated rings. The standard InChI is InChI=1S/C20H22N2O4/c1-3-22(13-19(23)21-15-8-6-9-16(12-15)25-2)20(24)18-11-14-7-4-5-10-17(14)26-18/h4-10,12,18H,3,11,13H2,1-2H3,(H,21,23)/t18-/m0/s1. The number of methoxy groups -OCH3 is 1. The number of carbonyl (C=O) groups is 2. The largest absolute Gasteiger partial charge is 0.497 e. The van der Waals surface area contributed by atoms with Crippen molar-refractivity contribution < 1.29 is 19.1 Å². The van der Waals surface area contributed by atoms with Crippen LogP contribution in [-0.4, -0.2) is 43.0 Å². The molecule has 136 valence electrons. The fraction of sp³-hybridized carbons (Fsp3) is 0.300. The number of fused-ring (bicyclic) bond motifs is 1. The summed E-state index contributed by atoms with van der Waals surface area (Å²) in [6, 6.07) is 14.7. The van der Waals surface area contributed by atoms with Crippen LogP contribution in [0.1, 0.15) is 12.5 Å². The van der Waals surface area contributed by atoms with Gasteiger partial charge < -0.3 is 19.7 Å². The minimum atomic E-state index is -0.572. The van der Waals surface area contributed by atoms with Crippen molar-refractivity contribution in [3.05, 3.63) is 54.1 Å². The van der Waals surface area contributed by atoms with E-state index in [2.05, 4.69) is 5.32 Å². The van der Waals surface area contributed by atoms with Crippen molar-refractivity contribution >= 4 is 17.5 Å². The molecule has 0 unspecified atom stereocenters. The summed E-state index contributed by atoms with van der Waals surface area (Å²) >= 11 is 0. The lowest BCUT2D eigenvalue weighted by atomic mass is 10.1. The van der Waals surface area contributed by atoms with Crippen LogP contribution in [0.15, 0.2) is 48.5 Å². The molecule has 1 atom stereocenters. The number of nitrogens with one attached hydrogen (secondary N) is 1. The van der Waals surface area contributed by atoms with E-state index in [-0.39, 0.29) is 18.4 Å². The van der Waals surface area contributed by atoms with Gasteiger partial charge in [0.15, 0.2) is 6.10 Å². The molecule has 2 aromatic rings. The molecule has 1 aliphatic rings. The summed E-state index contributed by atoms with van der Waals surface area (Å²) in [5, 5.41) is 2.79. The lowest BCUT2D eigenvalue weighted by Gasteiger charge is -2.23. The normalized spacial score (nSPS) is 14.9. The SMILES string of the molecule is CCN(CC(=O)Nc1cccc(OC)c1)C(=O)[C@@H]1Cc2ccccc2O1. The van der Waals surface area contributed by atoms with Gasteiger partial charge in [-0.25, -0.2) is 0 Å². The van der Waals surface area contributed by atoms with Gasteiger partial charge in [0.1, 0.15) is 11.5 Å². The first-order valence-corrected chi connectivity index (χ1v) is 8.58. The van der Waals surface area contributed by atoms with Crippen molar-refractivity contribution in [2.24, 2.45) is 0 Å². The van der Waals surface area contributed by atoms with Gasteiger partial charge in [0.25, 0.3) is 5.91 Å². The van der Waals surface area contributed by atoms with Gasteiger partial charge in [-0.2, -0.15) is 0 Å². The van der Waals surface area contributed by atoms with Crippen LogP contribution in [-0.2, 0) is 16.0 Å². The van der Waals surface area contributed by atoms with E-state index in [4.69, 9.17) is 9.47 Å². The summed E-state index contributed by atoms with van der Waals surface area (Å²) in [6.45, 7) is 2.25. The van der Waals surface area contributed by atoms with Crippen LogP contribution in [0, 0.1) is 0 Å². The zero-order valence-electron chi connectivity index (χ0n) is 14.9. The highest BCUT2D eigenvalue weighted by Gasteiger charge is 2.32. The van der Waals surface area contributed by atoms with Gasteiger partial charge in [-0.3, -0.25) is 9.59 Å². The third-order valence-corrected chi connectivity index (χ3v) is 4.30. The average Bonchev–Trinajstić information content (AvgIpc) is 3.10. The number of rotatable bonds is 6. The van der Waals surface area contributed by atoms with Crippen LogP contribution in [0.25, 0.3) is 0 Å². The predicted molar refractivity (Wildman–Crippen MR) is 98.4 cm³/mol. The van der Waals surface area contributed by atoms with Crippen molar-refractivity contribution in [1.29, 1.82) is 0 Å². The lowest BCUT2D eigenvalue weighted by molar-refractivity contribution is -0.140.